The highest BCUT2D eigenvalue weighted by molar-refractivity contribution is 6.34. The molecular formula is C19H17ClN4O. The molecule has 5 nitrogen and oxygen atoms in total. The Hall–Kier alpha value is -2.92. The predicted molar refractivity (Wildman–Crippen MR) is 103 cm³/mol. The number of nitrogens with one attached hydrogen (secondary N) is 1. The van der Waals surface area contributed by atoms with Crippen molar-refractivity contribution in [3.05, 3.63) is 65.3 Å². The van der Waals surface area contributed by atoms with Crippen molar-refractivity contribution in [2.75, 3.05) is 16.8 Å². The topological polar surface area (TPSA) is 59.8 Å². The first-order valence-corrected chi connectivity index (χ1v) is 8.12. The summed E-state index contributed by atoms with van der Waals surface area (Å²) in [5.41, 5.74) is 2.25. The van der Waals surface area contributed by atoms with Gasteiger partial charge in [0, 0.05) is 30.2 Å². The van der Waals surface area contributed by atoms with Crippen LogP contribution in [0.15, 0.2) is 65.3 Å². The van der Waals surface area contributed by atoms with Crippen LogP contribution < -0.4 is 9.80 Å². The lowest BCUT2D eigenvalue weighted by atomic mass is 10.2. The minimum absolute atomic E-state index is 0.0811. The fourth-order valence-electron chi connectivity index (χ4n) is 2.69. The van der Waals surface area contributed by atoms with E-state index < -0.39 is 0 Å². The molecule has 1 aliphatic heterocycles. The number of nitrogens with zero attached hydrogens (tertiary/aromatic N) is 3. The van der Waals surface area contributed by atoms with Gasteiger partial charge in [-0.15, -0.1) is 0 Å². The average Bonchev–Trinajstić information content (AvgIpc) is 2.69. The summed E-state index contributed by atoms with van der Waals surface area (Å²) in [5.74, 6) is -0.243. The Kier molecular flexibility index (Phi) is 4.67. The zero-order chi connectivity index (χ0) is 18.0. The van der Waals surface area contributed by atoms with Gasteiger partial charge in [0.15, 0.2) is 0 Å². The minimum Gasteiger partial charge on any atom is -0.327 e. The third kappa shape index (κ3) is 3.06. The number of aliphatic imine (C=N–C) groups is 1. The highest BCUT2D eigenvalue weighted by atomic mass is 35.5. The second-order valence-corrected chi connectivity index (χ2v) is 5.90. The Morgan fingerprint density at radius 2 is 1.84 bits per heavy atom. The summed E-state index contributed by atoms with van der Waals surface area (Å²) in [4.78, 5) is 20.5. The molecule has 2 aromatic carbocycles. The quantitative estimate of drug-likeness (QED) is 0.643. The molecule has 2 aromatic rings. The molecule has 0 fully saturated rings. The second-order valence-electron chi connectivity index (χ2n) is 5.47. The van der Waals surface area contributed by atoms with Gasteiger partial charge in [0.2, 0.25) is 0 Å². The molecule has 0 radical (unpaired) electrons. The largest absolute Gasteiger partial charge is 0.327 e. The Labute approximate surface area is 151 Å². The van der Waals surface area contributed by atoms with Gasteiger partial charge in [-0.2, -0.15) is 0 Å². The number of likely N-dealkylation sites (N-methyl/N-ethyl adjacent to an activating group) is 1. The van der Waals surface area contributed by atoms with Crippen LogP contribution in [0.25, 0.3) is 0 Å². The molecule has 6 heteroatoms. The standard InChI is InChI=1S/C19H17ClN4O/c1-3-22-12-15-18(21)23(2)16-10-9-13(20)11-17(16)24(19(15)25)14-7-5-4-6-8-14/h3-12,21H,1-2H3/b15-12+,21-18?,22-3?. The van der Waals surface area contributed by atoms with E-state index in [2.05, 4.69) is 4.99 Å². The zero-order valence-electron chi connectivity index (χ0n) is 13.9. The number of anilines is 3. The Balaban J connectivity index is 2.29. The van der Waals surface area contributed by atoms with Gasteiger partial charge in [-0.1, -0.05) is 29.8 Å². The maximum Gasteiger partial charge on any atom is 0.268 e. The lowest BCUT2D eigenvalue weighted by Crippen LogP contribution is -2.31. The van der Waals surface area contributed by atoms with Crippen molar-refractivity contribution in [2.45, 2.75) is 6.92 Å². The van der Waals surface area contributed by atoms with Gasteiger partial charge in [-0.25, -0.2) is 0 Å². The zero-order valence-corrected chi connectivity index (χ0v) is 14.7. The van der Waals surface area contributed by atoms with E-state index in [1.54, 1.807) is 48.2 Å². The SMILES string of the molecule is CC=N/C=C1\C(=N)N(C)c2ccc(Cl)cc2N(c2ccccc2)C1=O. The number of benzene rings is 2. The number of amides is 1. The second kappa shape index (κ2) is 6.91. The summed E-state index contributed by atoms with van der Waals surface area (Å²) < 4.78 is 0. The van der Waals surface area contributed by atoms with Gasteiger partial charge in [0.05, 0.1) is 11.4 Å². The lowest BCUT2D eigenvalue weighted by molar-refractivity contribution is -0.114. The predicted octanol–water partition coefficient (Wildman–Crippen LogP) is 4.41. The molecule has 3 rings (SSSR count). The van der Waals surface area contributed by atoms with Crippen LogP contribution in [0.1, 0.15) is 6.92 Å². The van der Waals surface area contributed by atoms with Crippen molar-refractivity contribution in [1.29, 1.82) is 5.41 Å². The van der Waals surface area contributed by atoms with E-state index in [0.29, 0.717) is 16.4 Å². The number of carbonyl (C=O) groups is 1. The molecule has 25 heavy (non-hydrogen) atoms. The summed E-state index contributed by atoms with van der Waals surface area (Å²) in [6.45, 7) is 1.76. The van der Waals surface area contributed by atoms with E-state index >= 15 is 0 Å². The minimum atomic E-state index is -0.324. The molecule has 1 aliphatic rings. The molecule has 0 spiro atoms. The van der Waals surface area contributed by atoms with Gasteiger partial charge >= 0.3 is 0 Å². The van der Waals surface area contributed by atoms with Crippen molar-refractivity contribution in [2.24, 2.45) is 4.99 Å². The summed E-state index contributed by atoms with van der Waals surface area (Å²) in [5, 5.41) is 8.96. The number of fused-ring (bicyclic) bond motifs is 1. The van der Waals surface area contributed by atoms with Crippen LogP contribution in [0.4, 0.5) is 17.1 Å². The first-order chi connectivity index (χ1) is 12.0. The van der Waals surface area contributed by atoms with Crippen LogP contribution in [-0.2, 0) is 4.79 Å². The summed E-state index contributed by atoms with van der Waals surface area (Å²) >= 11 is 6.19. The molecule has 0 saturated heterocycles. The molecule has 0 atom stereocenters. The Morgan fingerprint density at radius 1 is 1.12 bits per heavy atom. The van der Waals surface area contributed by atoms with E-state index in [0.717, 1.165) is 5.69 Å². The molecule has 0 aliphatic carbocycles. The van der Waals surface area contributed by atoms with Crippen LogP contribution in [0.3, 0.4) is 0 Å². The van der Waals surface area contributed by atoms with E-state index in [4.69, 9.17) is 17.0 Å². The monoisotopic (exact) mass is 352 g/mol. The highest BCUT2D eigenvalue weighted by Gasteiger charge is 2.33. The van der Waals surface area contributed by atoms with Crippen molar-refractivity contribution < 1.29 is 4.79 Å². The highest BCUT2D eigenvalue weighted by Crippen LogP contribution is 2.40. The number of carbonyl (C=O) groups excluding carboxylic acids is 1. The van der Waals surface area contributed by atoms with Crippen molar-refractivity contribution in [3.63, 3.8) is 0 Å². The molecule has 0 bridgehead atoms. The molecule has 126 valence electrons. The number of amidine groups is 1. The van der Waals surface area contributed by atoms with E-state index in [-0.39, 0.29) is 17.3 Å². The smallest absolute Gasteiger partial charge is 0.268 e. The molecular weight excluding hydrogens is 336 g/mol. The Morgan fingerprint density at radius 3 is 2.52 bits per heavy atom. The number of rotatable bonds is 2. The van der Waals surface area contributed by atoms with E-state index in [9.17, 15) is 4.79 Å². The molecule has 0 unspecified atom stereocenters. The van der Waals surface area contributed by atoms with E-state index in [1.165, 1.54) is 6.20 Å². The summed E-state index contributed by atoms with van der Waals surface area (Å²) in [6, 6.07) is 14.6. The number of hydrogen-bond acceptors (Lipinski definition) is 3. The summed E-state index contributed by atoms with van der Waals surface area (Å²) in [6.07, 6.45) is 3.00. The normalized spacial score (nSPS) is 16.5. The maximum atomic E-state index is 13.3. The van der Waals surface area contributed by atoms with Gasteiger partial charge in [0.1, 0.15) is 11.4 Å². The number of halogens is 1. The number of hydrogen-bond donors (Lipinski definition) is 1. The third-order valence-electron chi connectivity index (χ3n) is 3.93. The van der Waals surface area contributed by atoms with Gasteiger partial charge in [0.25, 0.3) is 5.91 Å². The summed E-state index contributed by atoms with van der Waals surface area (Å²) in [7, 11) is 1.75. The number of para-hydroxylation sites is 1. The third-order valence-corrected chi connectivity index (χ3v) is 4.17. The van der Waals surface area contributed by atoms with Gasteiger partial charge < -0.3 is 4.90 Å². The molecule has 0 saturated carbocycles. The van der Waals surface area contributed by atoms with Gasteiger partial charge in [-0.05, 0) is 37.3 Å². The van der Waals surface area contributed by atoms with Crippen molar-refractivity contribution in [1.82, 2.24) is 0 Å². The average molecular weight is 353 g/mol. The van der Waals surface area contributed by atoms with Crippen LogP contribution in [-0.4, -0.2) is 25.0 Å². The van der Waals surface area contributed by atoms with Crippen LogP contribution >= 0.6 is 11.6 Å². The van der Waals surface area contributed by atoms with Crippen LogP contribution in [0.2, 0.25) is 5.02 Å². The first kappa shape index (κ1) is 16.9. The maximum absolute atomic E-state index is 13.3. The fraction of sp³-hybridized carbons (Fsp3) is 0.105. The van der Waals surface area contributed by atoms with Crippen molar-refractivity contribution >= 4 is 46.6 Å². The lowest BCUT2D eigenvalue weighted by Gasteiger charge is -2.24. The molecule has 1 heterocycles. The van der Waals surface area contributed by atoms with Crippen LogP contribution in [0, 0.1) is 5.41 Å². The first-order valence-electron chi connectivity index (χ1n) is 7.74. The van der Waals surface area contributed by atoms with Crippen molar-refractivity contribution in [3.8, 4) is 0 Å². The van der Waals surface area contributed by atoms with Crippen LogP contribution in [0.5, 0.6) is 0 Å². The fourth-order valence-corrected chi connectivity index (χ4v) is 2.86. The molecule has 1 N–H and O–H groups in total. The molecule has 0 aromatic heterocycles. The molecule has 1 amide bonds. The van der Waals surface area contributed by atoms with E-state index in [1.807, 2.05) is 30.3 Å². The van der Waals surface area contributed by atoms with Gasteiger partial charge in [-0.3, -0.25) is 20.1 Å². The Bertz CT molecular complexity index is 890.